The van der Waals surface area contributed by atoms with E-state index in [1.165, 1.54) is 141 Å². The quantitative estimate of drug-likeness (QED) is 0.0156. The van der Waals surface area contributed by atoms with Crippen LogP contribution in [0.1, 0.15) is 194 Å². The molecule has 9 nitrogen and oxygen atoms in total. The Morgan fingerprint density at radius 3 is 1.57 bits per heavy atom. The van der Waals surface area contributed by atoms with Crippen LogP contribution >= 0.6 is 7.82 Å². The van der Waals surface area contributed by atoms with Crippen molar-refractivity contribution in [3.8, 4) is 0 Å². The fraction of sp³-hybridized carbons (Fsp3) is 0.814. The lowest BCUT2D eigenvalue weighted by Crippen LogP contribution is -2.29. The SMILES string of the molecule is CCCCCC/C=C/CCCCCCCCCCCC(=O)OC[C@H](COP(=O)(O)OCCN)OC(=O)/C=C/C=C/CCCCCCCCCCCCC. The van der Waals surface area contributed by atoms with Crippen molar-refractivity contribution < 1.29 is 37.6 Å². The number of carbonyl (C=O) groups excluding carboxylic acids is 2. The Labute approximate surface area is 324 Å². The van der Waals surface area contributed by atoms with E-state index in [1.54, 1.807) is 6.08 Å². The molecule has 0 fully saturated rings. The van der Waals surface area contributed by atoms with E-state index in [1.807, 2.05) is 12.2 Å². The van der Waals surface area contributed by atoms with E-state index in [9.17, 15) is 19.0 Å². The highest BCUT2D eigenvalue weighted by Crippen LogP contribution is 2.43. The fourth-order valence-electron chi connectivity index (χ4n) is 5.89. The van der Waals surface area contributed by atoms with Crippen LogP contribution in [0.5, 0.6) is 0 Å². The second-order valence-electron chi connectivity index (χ2n) is 14.3. The standard InChI is InChI=1S/C43H80NO8P/c1-3-5-7-9-11-13-15-17-19-20-22-23-25-27-29-31-33-35-42(45)49-39-41(40-51-53(47,48)50-38-37-44)52-43(46)36-34-32-30-28-26-24-21-18-16-14-12-10-8-6-4-2/h13,15,30,32,34,36,41H,3-12,14,16-29,31,33,35,37-40,44H2,1-2H3,(H,47,48)/b15-13+,32-30+,36-34+/t41-/m1/s1. The average molecular weight is 770 g/mol. The molecule has 10 heteroatoms. The van der Waals surface area contributed by atoms with Gasteiger partial charge >= 0.3 is 19.8 Å². The van der Waals surface area contributed by atoms with Crippen molar-refractivity contribution in [2.45, 2.75) is 200 Å². The van der Waals surface area contributed by atoms with Crippen molar-refractivity contribution in [3.63, 3.8) is 0 Å². The monoisotopic (exact) mass is 770 g/mol. The normalized spacial score (nSPS) is 13.7. The summed E-state index contributed by atoms with van der Waals surface area (Å²) in [6.07, 6.45) is 43.8. The Kier molecular flexibility index (Phi) is 38.6. The number of rotatable bonds is 40. The summed E-state index contributed by atoms with van der Waals surface area (Å²) in [5.41, 5.74) is 5.33. The molecule has 310 valence electrons. The number of hydrogen-bond acceptors (Lipinski definition) is 8. The van der Waals surface area contributed by atoms with Gasteiger partial charge in [-0.15, -0.1) is 0 Å². The predicted molar refractivity (Wildman–Crippen MR) is 220 cm³/mol. The summed E-state index contributed by atoms with van der Waals surface area (Å²) in [4.78, 5) is 34.7. The van der Waals surface area contributed by atoms with Crippen LogP contribution in [0.25, 0.3) is 0 Å². The fourth-order valence-corrected chi connectivity index (χ4v) is 6.65. The molecule has 0 aromatic rings. The van der Waals surface area contributed by atoms with E-state index < -0.39 is 32.5 Å². The maximum absolute atomic E-state index is 12.5. The first-order valence-electron chi connectivity index (χ1n) is 21.5. The Balaban J connectivity index is 4.24. The summed E-state index contributed by atoms with van der Waals surface area (Å²) in [7, 11) is -4.40. The molecule has 0 heterocycles. The van der Waals surface area contributed by atoms with E-state index in [0.717, 1.165) is 38.5 Å². The van der Waals surface area contributed by atoms with Crippen LogP contribution < -0.4 is 5.73 Å². The van der Waals surface area contributed by atoms with E-state index in [4.69, 9.17) is 24.3 Å². The topological polar surface area (TPSA) is 134 Å². The first kappa shape index (κ1) is 51.2. The summed E-state index contributed by atoms with van der Waals surface area (Å²) < 4.78 is 32.5. The molecule has 0 aromatic carbocycles. The Morgan fingerprint density at radius 1 is 0.604 bits per heavy atom. The van der Waals surface area contributed by atoms with E-state index in [-0.39, 0.29) is 26.2 Å². The highest BCUT2D eigenvalue weighted by Gasteiger charge is 2.25. The number of esters is 2. The number of carbonyl (C=O) groups is 2. The molecule has 0 bridgehead atoms. The van der Waals surface area contributed by atoms with Crippen molar-refractivity contribution >= 4 is 19.8 Å². The highest BCUT2D eigenvalue weighted by molar-refractivity contribution is 7.47. The number of nitrogens with two attached hydrogens (primary N) is 1. The largest absolute Gasteiger partial charge is 0.472 e. The Bertz CT molecular complexity index is 970. The molecule has 0 rings (SSSR count). The van der Waals surface area contributed by atoms with Gasteiger partial charge in [-0.25, -0.2) is 9.36 Å². The number of phosphoric ester groups is 1. The molecule has 0 saturated heterocycles. The molecule has 0 aliphatic carbocycles. The van der Waals surface area contributed by atoms with Crippen molar-refractivity contribution in [1.29, 1.82) is 0 Å². The minimum absolute atomic E-state index is 0.0406. The Hall–Kier alpha value is -1.77. The van der Waals surface area contributed by atoms with Gasteiger partial charge in [0.05, 0.1) is 13.2 Å². The lowest BCUT2D eigenvalue weighted by Gasteiger charge is -2.19. The van der Waals surface area contributed by atoms with Crippen LogP contribution in [0.3, 0.4) is 0 Å². The van der Waals surface area contributed by atoms with Gasteiger partial charge in [-0.2, -0.15) is 0 Å². The number of phosphoric acid groups is 1. The van der Waals surface area contributed by atoms with Crippen LogP contribution in [0.4, 0.5) is 0 Å². The van der Waals surface area contributed by atoms with Crippen LogP contribution in [-0.2, 0) is 32.7 Å². The van der Waals surface area contributed by atoms with Gasteiger partial charge in [-0.1, -0.05) is 173 Å². The predicted octanol–water partition coefficient (Wildman–Crippen LogP) is 12.2. The highest BCUT2D eigenvalue weighted by atomic mass is 31.2. The van der Waals surface area contributed by atoms with Gasteiger partial charge in [0.15, 0.2) is 6.10 Å². The molecule has 3 N–H and O–H groups in total. The van der Waals surface area contributed by atoms with Gasteiger partial charge in [0.2, 0.25) is 0 Å². The van der Waals surface area contributed by atoms with Crippen molar-refractivity contribution in [2.24, 2.45) is 5.73 Å². The molecule has 1 unspecified atom stereocenters. The van der Waals surface area contributed by atoms with Crippen LogP contribution in [0.15, 0.2) is 36.5 Å². The van der Waals surface area contributed by atoms with Gasteiger partial charge < -0.3 is 20.1 Å². The molecule has 0 spiro atoms. The van der Waals surface area contributed by atoms with Crippen molar-refractivity contribution in [1.82, 2.24) is 0 Å². The number of unbranched alkanes of at least 4 members (excludes halogenated alkanes) is 24. The van der Waals surface area contributed by atoms with E-state index in [0.29, 0.717) is 0 Å². The summed E-state index contributed by atoms with van der Waals surface area (Å²) in [6.45, 7) is 3.60. The van der Waals surface area contributed by atoms with Gasteiger partial charge in [0, 0.05) is 19.0 Å². The molecule has 0 aliphatic rings. The third kappa shape index (κ3) is 39.7. The van der Waals surface area contributed by atoms with E-state index >= 15 is 0 Å². The number of ether oxygens (including phenoxy) is 2. The van der Waals surface area contributed by atoms with Crippen LogP contribution in [0.2, 0.25) is 0 Å². The van der Waals surface area contributed by atoms with Crippen molar-refractivity contribution in [3.05, 3.63) is 36.5 Å². The minimum atomic E-state index is -4.40. The number of allylic oxidation sites excluding steroid dienone is 5. The summed E-state index contributed by atoms with van der Waals surface area (Å²) in [5.74, 6) is -1.08. The lowest BCUT2D eigenvalue weighted by atomic mass is 10.1. The maximum Gasteiger partial charge on any atom is 0.472 e. The first-order chi connectivity index (χ1) is 25.8. The Morgan fingerprint density at radius 2 is 1.06 bits per heavy atom. The molecule has 0 radical (unpaired) electrons. The lowest BCUT2D eigenvalue weighted by molar-refractivity contribution is -0.157. The first-order valence-corrected chi connectivity index (χ1v) is 23.0. The third-order valence-electron chi connectivity index (χ3n) is 9.11. The zero-order valence-electron chi connectivity index (χ0n) is 34.0. The summed E-state index contributed by atoms with van der Waals surface area (Å²) in [6, 6.07) is 0. The number of hydrogen-bond donors (Lipinski definition) is 2. The maximum atomic E-state index is 12.5. The molecule has 0 saturated carbocycles. The van der Waals surface area contributed by atoms with Crippen molar-refractivity contribution in [2.75, 3.05) is 26.4 Å². The summed E-state index contributed by atoms with van der Waals surface area (Å²) >= 11 is 0. The van der Waals surface area contributed by atoms with Gasteiger partial charge in [0.1, 0.15) is 6.61 Å². The zero-order chi connectivity index (χ0) is 38.9. The zero-order valence-corrected chi connectivity index (χ0v) is 34.9. The van der Waals surface area contributed by atoms with E-state index in [2.05, 4.69) is 26.0 Å². The van der Waals surface area contributed by atoms with Gasteiger partial charge in [-0.05, 0) is 44.9 Å². The molecule has 53 heavy (non-hydrogen) atoms. The molecular weight excluding hydrogens is 689 g/mol. The summed E-state index contributed by atoms with van der Waals surface area (Å²) in [5, 5.41) is 0. The molecular formula is C43H80NO8P. The molecule has 0 aromatic heterocycles. The third-order valence-corrected chi connectivity index (χ3v) is 10.1. The van der Waals surface area contributed by atoms with Gasteiger partial charge in [0.25, 0.3) is 0 Å². The molecule has 0 aliphatic heterocycles. The minimum Gasteiger partial charge on any atom is -0.462 e. The van der Waals surface area contributed by atoms with Crippen LogP contribution in [-0.4, -0.2) is 49.3 Å². The molecule has 0 amide bonds. The smallest absolute Gasteiger partial charge is 0.462 e. The van der Waals surface area contributed by atoms with Crippen LogP contribution in [0, 0.1) is 0 Å². The second-order valence-corrected chi connectivity index (χ2v) is 15.7. The average Bonchev–Trinajstić information content (AvgIpc) is 3.14. The second kappa shape index (κ2) is 39.9. The van der Waals surface area contributed by atoms with Gasteiger partial charge in [-0.3, -0.25) is 13.8 Å². The molecule has 2 atom stereocenters.